The van der Waals surface area contributed by atoms with Crippen molar-refractivity contribution in [3.05, 3.63) is 0 Å². The molecule has 2 heterocycles. The van der Waals surface area contributed by atoms with Gasteiger partial charge in [-0.05, 0) is 19.3 Å². The second-order valence-electron chi connectivity index (χ2n) is 5.95. The molecular weight excluding hydrogens is 230 g/mol. The Morgan fingerprint density at radius 3 is 2.89 bits per heavy atom. The molecule has 0 aromatic carbocycles. The van der Waals surface area contributed by atoms with Gasteiger partial charge < -0.3 is 14.6 Å². The number of aliphatic hydroxyl groups is 1. The average molecular weight is 255 g/mol. The van der Waals surface area contributed by atoms with E-state index < -0.39 is 0 Å². The number of hydrogen-bond acceptors (Lipinski definition) is 4. The first kappa shape index (κ1) is 12.9. The molecule has 4 unspecified atom stereocenters. The lowest BCUT2D eigenvalue weighted by molar-refractivity contribution is -0.110. The van der Waals surface area contributed by atoms with Crippen LogP contribution in [-0.2, 0) is 9.47 Å². The van der Waals surface area contributed by atoms with Crippen LogP contribution in [0.3, 0.4) is 0 Å². The second kappa shape index (κ2) is 5.87. The zero-order valence-corrected chi connectivity index (χ0v) is 11.1. The lowest BCUT2D eigenvalue weighted by Crippen LogP contribution is -2.55. The summed E-state index contributed by atoms with van der Waals surface area (Å²) in [7, 11) is 0. The zero-order valence-electron chi connectivity index (χ0n) is 11.1. The number of ether oxygens (including phenoxy) is 2. The van der Waals surface area contributed by atoms with Crippen molar-refractivity contribution >= 4 is 0 Å². The molecular formula is C14H25NO3. The highest BCUT2D eigenvalue weighted by Crippen LogP contribution is 2.29. The van der Waals surface area contributed by atoms with Gasteiger partial charge in [-0.1, -0.05) is 12.8 Å². The standard InChI is InChI=1S/C14H25NO3/c16-13-5-7-17-10-11(13)9-15-6-8-18-14-4-2-1-3-12(14)15/h11-14,16H,1-10H2. The minimum Gasteiger partial charge on any atom is -0.393 e. The van der Waals surface area contributed by atoms with Crippen molar-refractivity contribution < 1.29 is 14.6 Å². The maximum atomic E-state index is 10.1. The lowest BCUT2D eigenvalue weighted by Gasteiger charge is -2.45. The van der Waals surface area contributed by atoms with E-state index >= 15 is 0 Å². The number of hydrogen-bond donors (Lipinski definition) is 1. The summed E-state index contributed by atoms with van der Waals surface area (Å²) >= 11 is 0. The van der Waals surface area contributed by atoms with Crippen LogP contribution in [0.2, 0.25) is 0 Å². The first-order chi connectivity index (χ1) is 8.84. The van der Waals surface area contributed by atoms with Crippen LogP contribution in [0.25, 0.3) is 0 Å². The van der Waals surface area contributed by atoms with Gasteiger partial charge in [0, 0.05) is 31.7 Å². The maximum Gasteiger partial charge on any atom is 0.0730 e. The molecule has 18 heavy (non-hydrogen) atoms. The summed E-state index contributed by atoms with van der Waals surface area (Å²) < 4.78 is 11.4. The van der Waals surface area contributed by atoms with Crippen molar-refractivity contribution in [1.29, 1.82) is 0 Å². The average Bonchev–Trinajstić information content (AvgIpc) is 2.42. The predicted molar refractivity (Wildman–Crippen MR) is 68.5 cm³/mol. The summed E-state index contributed by atoms with van der Waals surface area (Å²) in [5.41, 5.74) is 0. The highest BCUT2D eigenvalue weighted by molar-refractivity contribution is 4.89. The summed E-state index contributed by atoms with van der Waals surface area (Å²) in [5, 5.41) is 10.1. The predicted octanol–water partition coefficient (Wildman–Crippen LogP) is 1.03. The van der Waals surface area contributed by atoms with Gasteiger partial charge in [0.15, 0.2) is 0 Å². The zero-order chi connectivity index (χ0) is 12.4. The molecule has 1 aliphatic carbocycles. The van der Waals surface area contributed by atoms with Crippen molar-refractivity contribution in [3.8, 4) is 0 Å². The Morgan fingerprint density at radius 2 is 2.00 bits per heavy atom. The molecule has 0 bridgehead atoms. The van der Waals surface area contributed by atoms with Crippen LogP contribution in [0, 0.1) is 5.92 Å². The number of rotatable bonds is 2. The molecule has 0 radical (unpaired) electrons. The molecule has 1 N–H and O–H groups in total. The molecule has 0 amide bonds. The molecule has 3 rings (SSSR count). The molecule has 4 heteroatoms. The summed E-state index contributed by atoms with van der Waals surface area (Å²) in [4.78, 5) is 2.55. The third-order valence-electron chi connectivity index (χ3n) is 4.75. The van der Waals surface area contributed by atoms with E-state index in [1.54, 1.807) is 0 Å². The Bertz CT molecular complexity index is 272. The van der Waals surface area contributed by atoms with E-state index in [0.29, 0.717) is 24.7 Å². The van der Waals surface area contributed by atoms with Gasteiger partial charge in [-0.2, -0.15) is 0 Å². The van der Waals surface area contributed by atoms with Gasteiger partial charge in [0.25, 0.3) is 0 Å². The smallest absolute Gasteiger partial charge is 0.0730 e. The summed E-state index contributed by atoms with van der Waals surface area (Å²) in [5.74, 6) is 0.291. The van der Waals surface area contributed by atoms with Crippen molar-refractivity contribution in [2.24, 2.45) is 5.92 Å². The normalized spacial score (nSPS) is 42.5. The van der Waals surface area contributed by atoms with Gasteiger partial charge >= 0.3 is 0 Å². The van der Waals surface area contributed by atoms with Crippen molar-refractivity contribution in [2.45, 2.75) is 50.4 Å². The van der Waals surface area contributed by atoms with Gasteiger partial charge in [-0.15, -0.1) is 0 Å². The van der Waals surface area contributed by atoms with Gasteiger partial charge in [-0.3, -0.25) is 4.90 Å². The number of aliphatic hydroxyl groups excluding tert-OH is 1. The lowest BCUT2D eigenvalue weighted by atomic mass is 9.88. The third-order valence-corrected chi connectivity index (χ3v) is 4.75. The molecule has 2 aliphatic heterocycles. The van der Waals surface area contributed by atoms with Crippen LogP contribution in [-0.4, -0.2) is 61.2 Å². The van der Waals surface area contributed by atoms with Crippen LogP contribution < -0.4 is 0 Å². The van der Waals surface area contributed by atoms with Crippen molar-refractivity contribution in [1.82, 2.24) is 4.90 Å². The van der Waals surface area contributed by atoms with Crippen molar-refractivity contribution in [2.75, 3.05) is 32.9 Å². The maximum absolute atomic E-state index is 10.1. The number of morpholine rings is 1. The van der Waals surface area contributed by atoms with Crippen molar-refractivity contribution in [3.63, 3.8) is 0 Å². The number of fused-ring (bicyclic) bond motifs is 1. The minimum absolute atomic E-state index is 0.177. The van der Waals surface area contributed by atoms with E-state index in [2.05, 4.69) is 4.90 Å². The molecule has 0 aromatic rings. The molecule has 4 atom stereocenters. The van der Waals surface area contributed by atoms with E-state index in [9.17, 15) is 5.11 Å². The second-order valence-corrected chi connectivity index (χ2v) is 5.95. The quantitative estimate of drug-likeness (QED) is 0.800. The highest BCUT2D eigenvalue weighted by Gasteiger charge is 2.36. The van der Waals surface area contributed by atoms with Crippen LogP contribution in [0.15, 0.2) is 0 Å². The molecule has 0 aromatic heterocycles. The fourth-order valence-corrected chi connectivity index (χ4v) is 3.66. The molecule has 2 saturated heterocycles. The van der Waals surface area contributed by atoms with Crippen LogP contribution >= 0.6 is 0 Å². The van der Waals surface area contributed by atoms with E-state index in [-0.39, 0.29) is 6.10 Å². The molecule has 0 spiro atoms. The van der Waals surface area contributed by atoms with Gasteiger partial charge in [0.1, 0.15) is 0 Å². The minimum atomic E-state index is -0.177. The Hall–Kier alpha value is -0.160. The van der Waals surface area contributed by atoms with Gasteiger partial charge in [0.2, 0.25) is 0 Å². The molecule has 4 nitrogen and oxygen atoms in total. The third kappa shape index (κ3) is 2.72. The molecule has 3 fully saturated rings. The van der Waals surface area contributed by atoms with Gasteiger partial charge in [0.05, 0.1) is 25.4 Å². The Morgan fingerprint density at radius 1 is 1.11 bits per heavy atom. The highest BCUT2D eigenvalue weighted by atomic mass is 16.5. The monoisotopic (exact) mass is 255 g/mol. The fourth-order valence-electron chi connectivity index (χ4n) is 3.66. The largest absolute Gasteiger partial charge is 0.393 e. The Balaban J connectivity index is 1.60. The Kier molecular flexibility index (Phi) is 4.19. The van der Waals surface area contributed by atoms with Gasteiger partial charge in [-0.25, -0.2) is 0 Å². The summed E-state index contributed by atoms with van der Waals surface area (Å²) in [6.07, 6.45) is 6.16. The fraction of sp³-hybridized carbons (Fsp3) is 1.00. The Labute approximate surface area is 109 Å². The summed E-state index contributed by atoms with van der Waals surface area (Å²) in [6, 6.07) is 0.585. The molecule has 1 saturated carbocycles. The topological polar surface area (TPSA) is 41.9 Å². The first-order valence-corrected chi connectivity index (χ1v) is 7.46. The summed E-state index contributed by atoms with van der Waals surface area (Å²) in [6.45, 7) is 4.28. The van der Waals surface area contributed by atoms with Crippen LogP contribution in [0.4, 0.5) is 0 Å². The molecule has 3 aliphatic rings. The van der Waals surface area contributed by atoms with E-state index in [1.165, 1.54) is 25.7 Å². The van der Waals surface area contributed by atoms with Crippen LogP contribution in [0.1, 0.15) is 32.1 Å². The number of nitrogens with zero attached hydrogens (tertiary/aromatic N) is 1. The van der Waals surface area contributed by atoms with E-state index in [1.807, 2.05) is 0 Å². The van der Waals surface area contributed by atoms with E-state index in [0.717, 1.165) is 32.7 Å². The van der Waals surface area contributed by atoms with Crippen LogP contribution in [0.5, 0.6) is 0 Å². The van der Waals surface area contributed by atoms with E-state index in [4.69, 9.17) is 9.47 Å². The molecule has 104 valence electrons. The SMILES string of the molecule is OC1CCOCC1CN1CCOC2CCCCC21. The first-order valence-electron chi connectivity index (χ1n) is 7.46.